The van der Waals surface area contributed by atoms with Crippen LogP contribution < -0.4 is 5.32 Å². The fourth-order valence-corrected chi connectivity index (χ4v) is 1.87. The third-order valence-corrected chi connectivity index (χ3v) is 2.87. The molecule has 0 aromatic heterocycles. The molecule has 0 bridgehead atoms. The maximum Gasteiger partial charge on any atom is 0.0719 e. The van der Waals surface area contributed by atoms with Crippen molar-refractivity contribution in [2.75, 3.05) is 20.3 Å². The minimum absolute atomic E-state index is 0.211. The molecule has 3 unspecified atom stereocenters. The molecule has 1 rings (SSSR count). The van der Waals surface area contributed by atoms with Crippen LogP contribution in [0.5, 0.6) is 0 Å². The zero-order valence-corrected chi connectivity index (χ0v) is 8.62. The summed E-state index contributed by atoms with van der Waals surface area (Å²) in [5.41, 5.74) is 0. The first-order valence-electron chi connectivity index (χ1n) is 5.16. The van der Waals surface area contributed by atoms with Gasteiger partial charge in [-0.1, -0.05) is 6.92 Å². The Hall–Kier alpha value is -0.120. The van der Waals surface area contributed by atoms with E-state index >= 15 is 0 Å². The average molecular weight is 187 g/mol. The predicted molar refractivity (Wildman–Crippen MR) is 52.7 cm³/mol. The van der Waals surface area contributed by atoms with Gasteiger partial charge >= 0.3 is 0 Å². The first-order chi connectivity index (χ1) is 6.25. The van der Waals surface area contributed by atoms with Crippen LogP contribution in [0.1, 0.15) is 26.2 Å². The Balaban J connectivity index is 2.23. The molecule has 0 aromatic rings. The lowest BCUT2D eigenvalue weighted by Gasteiger charge is -2.24. The van der Waals surface area contributed by atoms with Gasteiger partial charge in [0.2, 0.25) is 0 Å². The summed E-state index contributed by atoms with van der Waals surface area (Å²) in [6.07, 6.45) is 3.03. The van der Waals surface area contributed by atoms with Gasteiger partial charge in [-0.15, -0.1) is 0 Å². The minimum Gasteiger partial charge on any atom is -0.391 e. The zero-order chi connectivity index (χ0) is 9.68. The van der Waals surface area contributed by atoms with Crippen molar-refractivity contribution in [1.29, 1.82) is 0 Å². The van der Waals surface area contributed by atoms with E-state index in [1.165, 1.54) is 6.42 Å². The second-order valence-corrected chi connectivity index (χ2v) is 3.95. The topological polar surface area (TPSA) is 41.5 Å². The first kappa shape index (κ1) is 11.0. The van der Waals surface area contributed by atoms with Crippen LogP contribution in [0.3, 0.4) is 0 Å². The van der Waals surface area contributed by atoms with E-state index in [9.17, 15) is 5.11 Å². The average Bonchev–Trinajstić information content (AvgIpc) is 2.65. The lowest BCUT2D eigenvalue weighted by molar-refractivity contribution is 0.0629. The van der Waals surface area contributed by atoms with Crippen LogP contribution in [-0.4, -0.2) is 37.5 Å². The summed E-state index contributed by atoms with van der Waals surface area (Å²) in [6, 6.07) is 0.312. The summed E-state index contributed by atoms with van der Waals surface area (Å²) in [4.78, 5) is 0. The summed E-state index contributed by atoms with van der Waals surface area (Å²) in [6.45, 7) is 3.88. The van der Waals surface area contributed by atoms with Gasteiger partial charge in [0.25, 0.3) is 0 Å². The molecule has 0 saturated carbocycles. The first-order valence-corrected chi connectivity index (χ1v) is 5.16. The third kappa shape index (κ3) is 3.25. The Labute approximate surface area is 80.5 Å². The fourth-order valence-electron chi connectivity index (χ4n) is 1.87. The molecule has 1 heterocycles. The number of hydrogen-bond acceptors (Lipinski definition) is 3. The van der Waals surface area contributed by atoms with Crippen LogP contribution in [0, 0.1) is 5.92 Å². The van der Waals surface area contributed by atoms with Crippen molar-refractivity contribution in [3.63, 3.8) is 0 Å². The number of methoxy groups -OCH3 is 1. The van der Waals surface area contributed by atoms with Crippen molar-refractivity contribution >= 4 is 0 Å². The molecule has 3 atom stereocenters. The Morgan fingerprint density at radius 3 is 2.92 bits per heavy atom. The molecule has 1 aliphatic heterocycles. The molecule has 0 radical (unpaired) electrons. The smallest absolute Gasteiger partial charge is 0.0719 e. The number of ether oxygens (including phenoxy) is 1. The van der Waals surface area contributed by atoms with Gasteiger partial charge in [0.15, 0.2) is 0 Å². The molecule has 3 nitrogen and oxygen atoms in total. The van der Waals surface area contributed by atoms with E-state index in [1.807, 2.05) is 0 Å². The normalized spacial score (nSPS) is 27.5. The van der Waals surface area contributed by atoms with Gasteiger partial charge < -0.3 is 15.2 Å². The molecular weight excluding hydrogens is 166 g/mol. The van der Waals surface area contributed by atoms with Crippen LogP contribution in [0.25, 0.3) is 0 Å². The summed E-state index contributed by atoms with van der Waals surface area (Å²) >= 11 is 0. The lowest BCUT2D eigenvalue weighted by Crippen LogP contribution is -2.39. The highest BCUT2D eigenvalue weighted by Crippen LogP contribution is 2.17. The quantitative estimate of drug-likeness (QED) is 0.668. The maximum absolute atomic E-state index is 9.93. The van der Waals surface area contributed by atoms with Gasteiger partial charge in [0.1, 0.15) is 0 Å². The van der Waals surface area contributed by atoms with E-state index in [2.05, 4.69) is 12.2 Å². The van der Waals surface area contributed by atoms with E-state index in [-0.39, 0.29) is 6.10 Å². The summed E-state index contributed by atoms with van der Waals surface area (Å²) < 4.78 is 4.99. The van der Waals surface area contributed by atoms with E-state index in [1.54, 1.807) is 7.11 Å². The number of rotatable bonds is 5. The van der Waals surface area contributed by atoms with Crippen molar-refractivity contribution in [3.8, 4) is 0 Å². The molecule has 0 aromatic carbocycles. The molecule has 13 heavy (non-hydrogen) atoms. The van der Waals surface area contributed by atoms with Crippen LogP contribution in [-0.2, 0) is 4.74 Å². The zero-order valence-electron chi connectivity index (χ0n) is 8.62. The molecule has 3 heteroatoms. The van der Waals surface area contributed by atoms with Gasteiger partial charge in [-0.25, -0.2) is 0 Å². The number of hydrogen-bond donors (Lipinski definition) is 2. The van der Waals surface area contributed by atoms with Crippen molar-refractivity contribution in [1.82, 2.24) is 5.32 Å². The summed E-state index contributed by atoms with van der Waals surface area (Å²) in [7, 11) is 1.70. The third-order valence-electron chi connectivity index (χ3n) is 2.87. The second kappa shape index (κ2) is 5.58. The standard InChI is InChI=1S/C10H21NO2/c1-8(5-7-13-2)10(12)9-4-3-6-11-9/h8-12H,3-7H2,1-2H3. The Morgan fingerprint density at radius 2 is 2.38 bits per heavy atom. The van der Waals surface area contributed by atoms with E-state index in [4.69, 9.17) is 4.74 Å². The highest BCUT2D eigenvalue weighted by molar-refractivity contribution is 4.83. The van der Waals surface area contributed by atoms with Crippen molar-refractivity contribution < 1.29 is 9.84 Å². The molecule has 2 N–H and O–H groups in total. The largest absolute Gasteiger partial charge is 0.391 e. The van der Waals surface area contributed by atoms with Gasteiger partial charge in [-0.2, -0.15) is 0 Å². The van der Waals surface area contributed by atoms with Gasteiger partial charge in [0.05, 0.1) is 6.10 Å². The van der Waals surface area contributed by atoms with Gasteiger partial charge in [0, 0.05) is 19.8 Å². The molecule has 0 amide bonds. The Kier molecular flexibility index (Phi) is 4.70. The predicted octanol–water partition coefficient (Wildman–Crippen LogP) is 0.772. The van der Waals surface area contributed by atoms with E-state index < -0.39 is 0 Å². The van der Waals surface area contributed by atoms with Crippen molar-refractivity contribution in [2.24, 2.45) is 5.92 Å². The van der Waals surface area contributed by atoms with Crippen molar-refractivity contribution in [3.05, 3.63) is 0 Å². The molecule has 0 spiro atoms. The Bertz CT molecular complexity index is 135. The SMILES string of the molecule is COCCC(C)C(O)C1CCCN1. The van der Waals surface area contributed by atoms with Gasteiger partial charge in [-0.05, 0) is 31.7 Å². The highest BCUT2D eigenvalue weighted by atomic mass is 16.5. The second-order valence-electron chi connectivity index (χ2n) is 3.95. The highest BCUT2D eigenvalue weighted by Gasteiger charge is 2.26. The van der Waals surface area contributed by atoms with E-state index in [0.29, 0.717) is 12.0 Å². The molecule has 78 valence electrons. The molecule has 1 saturated heterocycles. The van der Waals surface area contributed by atoms with Crippen molar-refractivity contribution in [2.45, 2.75) is 38.3 Å². The van der Waals surface area contributed by atoms with Crippen LogP contribution in [0.2, 0.25) is 0 Å². The van der Waals surface area contributed by atoms with E-state index in [0.717, 1.165) is 26.0 Å². The Morgan fingerprint density at radius 1 is 1.62 bits per heavy atom. The molecular formula is C10H21NO2. The number of aliphatic hydroxyl groups excluding tert-OH is 1. The van der Waals surface area contributed by atoms with Gasteiger partial charge in [-0.3, -0.25) is 0 Å². The molecule has 1 fully saturated rings. The maximum atomic E-state index is 9.93. The lowest BCUT2D eigenvalue weighted by atomic mass is 9.94. The minimum atomic E-state index is -0.211. The fraction of sp³-hybridized carbons (Fsp3) is 1.00. The summed E-state index contributed by atoms with van der Waals surface area (Å²) in [5.74, 6) is 0.329. The number of nitrogens with one attached hydrogen (secondary N) is 1. The monoisotopic (exact) mass is 187 g/mol. The molecule has 0 aliphatic carbocycles. The number of aliphatic hydroxyl groups is 1. The van der Waals surface area contributed by atoms with Crippen LogP contribution in [0.4, 0.5) is 0 Å². The van der Waals surface area contributed by atoms with Crippen LogP contribution in [0.15, 0.2) is 0 Å². The molecule has 1 aliphatic rings. The summed E-state index contributed by atoms with van der Waals surface area (Å²) in [5, 5.41) is 13.2. The van der Waals surface area contributed by atoms with Crippen LogP contribution >= 0.6 is 0 Å².